The monoisotopic (exact) mass is 1020 g/mol. The second-order valence-electron chi connectivity index (χ2n) is 17.5. The average molecular weight is 1020 g/mol. The number of unbranched alkanes of at least 4 members (excludes halogenated alkanes) is 7. The lowest BCUT2D eigenvalue weighted by atomic mass is 9.84. The molecule has 0 bridgehead atoms. The molecule has 394 valence electrons. The Morgan fingerprint density at radius 3 is 1.31 bits per heavy atom. The van der Waals surface area contributed by atoms with Crippen LogP contribution in [0, 0.1) is 5.92 Å². The van der Waals surface area contributed by atoms with Crippen LogP contribution < -0.4 is 0 Å². The van der Waals surface area contributed by atoms with Crippen molar-refractivity contribution in [2.45, 2.75) is 151 Å². The van der Waals surface area contributed by atoms with Gasteiger partial charge < -0.3 is 33.3 Å². The maximum absolute atomic E-state index is 14.9. The van der Waals surface area contributed by atoms with E-state index in [1.165, 1.54) is 54.6 Å². The zero-order valence-corrected chi connectivity index (χ0v) is 40.5. The molecule has 20 heteroatoms. The Bertz CT molecular complexity index is 2160. The van der Waals surface area contributed by atoms with E-state index >= 15 is 0 Å². The maximum atomic E-state index is 14.9. The molecule has 71 heavy (non-hydrogen) atoms. The number of carbonyl (C=O) groups excluding carboxylic acids is 4. The summed E-state index contributed by atoms with van der Waals surface area (Å²) in [5.74, 6) is -6.32. The molecule has 1 saturated heterocycles. The minimum absolute atomic E-state index is 0.0760. The summed E-state index contributed by atoms with van der Waals surface area (Å²) < 4.78 is 163. The molecule has 1 aliphatic heterocycles. The predicted molar refractivity (Wildman–Crippen MR) is 240 cm³/mol. The van der Waals surface area contributed by atoms with Gasteiger partial charge in [-0.3, -0.25) is 4.79 Å². The third kappa shape index (κ3) is 12.5. The maximum Gasteiger partial charge on any atom is 0.432 e. The number of nitrogens with zero attached hydrogens (tertiary/aromatic N) is 1. The summed E-state index contributed by atoms with van der Waals surface area (Å²) in [6.07, 6.45) is -12.3. The molecule has 1 amide bonds. The number of carbonyl (C=O) groups is 4. The van der Waals surface area contributed by atoms with Crippen molar-refractivity contribution in [3.8, 4) is 0 Å². The Balaban J connectivity index is 1.42. The van der Waals surface area contributed by atoms with E-state index in [9.17, 15) is 58.7 Å². The molecule has 0 spiro atoms. The van der Waals surface area contributed by atoms with Crippen LogP contribution in [0.1, 0.15) is 108 Å². The van der Waals surface area contributed by atoms with Crippen molar-refractivity contribution in [2.75, 3.05) is 27.9 Å². The van der Waals surface area contributed by atoms with Gasteiger partial charge in [0, 0.05) is 44.9 Å². The summed E-state index contributed by atoms with van der Waals surface area (Å²) in [7, 11) is 2.12. The van der Waals surface area contributed by atoms with E-state index in [1.54, 1.807) is 6.92 Å². The predicted octanol–water partition coefficient (Wildman–Crippen LogP) is 11.2. The fourth-order valence-corrected chi connectivity index (χ4v) is 9.15. The second-order valence-corrected chi connectivity index (χ2v) is 17.5. The van der Waals surface area contributed by atoms with Gasteiger partial charge in [-0.05, 0) is 25.2 Å². The SMILES string of the molecule is CC[C@H](C)[C@H](CCCCCCCCCC[C@H]1[C@@H](OC(=O)[C@](OC)(c2ccccc2)C(F)(F)F)[C@H](COC(=O)[C@](OC)(c2ccccc2)C(F)(F)F)N1C(C)=O)OC(=O)[C@](OC)(c1ccccc1)C(F)(F)F. The Morgan fingerprint density at radius 1 is 0.549 bits per heavy atom. The van der Waals surface area contributed by atoms with Gasteiger partial charge in [0.25, 0.3) is 16.8 Å². The number of methoxy groups -OCH3 is 3. The number of alkyl halides is 9. The van der Waals surface area contributed by atoms with Gasteiger partial charge in [0.05, 0.1) is 6.04 Å². The van der Waals surface area contributed by atoms with Crippen molar-refractivity contribution >= 4 is 23.8 Å². The second kappa shape index (κ2) is 25.0. The molecule has 0 saturated carbocycles. The molecule has 0 N–H and O–H groups in total. The van der Waals surface area contributed by atoms with Crippen LogP contribution in [0.5, 0.6) is 0 Å². The van der Waals surface area contributed by atoms with Gasteiger partial charge in [0.1, 0.15) is 24.9 Å². The Kier molecular flexibility index (Phi) is 20.5. The summed E-state index contributed by atoms with van der Waals surface area (Å²) in [4.78, 5) is 54.9. The molecular weight excluding hydrogens is 958 g/mol. The minimum Gasteiger partial charge on any atom is -0.461 e. The molecule has 0 radical (unpaired) electrons. The lowest BCUT2D eigenvalue weighted by molar-refractivity contribution is -0.285. The molecule has 3 aromatic rings. The average Bonchev–Trinajstić information content (AvgIpc) is 3.31. The van der Waals surface area contributed by atoms with Crippen LogP contribution in [-0.2, 0) is 64.4 Å². The van der Waals surface area contributed by atoms with E-state index in [1.807, 2.05) is 6.92 Å². The topological polar surface area (TPSA) is 127 Å². The quantitative estimate of drug-likeness (QED) is 0.0332. The van der Waals surface area contributed by atoms with Crippen LogP contribution >= 0.6 is 0 Å². The van der Waals surface area contributed by atoms with E-state index in [2.05, 4.69) is 0 Å². The molecule has 1 fully saturated rings. The number of likely N-dealkylation sites (tertiary alicyclic amines) is 1. The highest BCUT2D eigenvalue weighted by Crippen LogP contribution is 2.47. The minimum atomic E-state index is -5.39. The molecule has 0 aliphatic carbocycles. The summed E-state index contributed by atoms with van der Waals surface area (Å²) >= 11 is 0. The summed E-state index contributed by atoms with van der Waals surface area (Å²) in [6, 6.07) is 15.8. The molecular formula is C51H62F9NO10. The van der Waals surface area contributed by atoms with Crippen molar-refractivity contribution in [1.82, 2.24) is 4.90 Å². The number of benzene rings is 3. The normalized spacial score (nSPS) is 19.8. The molecule has 1 heterocycles. The number of ether oxygens (including phenoxy) is 6. The van der Waals surface area contributed by atoms with E-state index in [0.29, 0.717) is 59.2 Å². The Labute approximate surface area is 407 Å². The molecule has 0 aromatic heterocycles. The molecule has 3 aromatic carbocycles. The van der Waals surface area contributed by atoms with Gasteiger partial charge >= 0.3 is 36.4 Å². The van der Waals surface area contributed by atoms with Gasteiger partial charge in [-0.25, -0.2) is 14.4 Å². The fraction of sp³-hybridized carbons (Fsp3) is 0.569. The van der Waals surface area contributed by atoms with E-state index in [0.717, 1.165) is 74.6 Å². The standard InChI is InChI=1S/C51H62F9NO10/c1-7-34(2)41(70-44(64)47(67-5,50(55,56)57)37-27-19-15-20-28-37)32-24-13-11-9-8-10-12-23-31-39-42(71-45(65)48(68-6,51(58,59)60)38-29-21-16-22-30-38)40(61(39)35(3)62)33-69-43(63)46(66-4,49(52,53)54)36-25-17-14-18-26-36/h14-22,25-30,34,39-42H,7-13,23-24,31-33H2,1-6H3/t34-,39-,40-,41-,42+,46+,47+,48+/m0/s1. The van der Waals surface area contributed by atoms with Crippen molar-refractivity contribution < 1.29 is 87.1 Å². The molecule has 11 nitrogen and oxygen atoms in total. The highest BCUT2D eigenvalue weighted by Gasteiger charge is 2.68. The van der Waals surface area contributed by atoms with Gasteiger partial charge in [-0.2, -0.15) is 39.5 Å². The molecule has 4 rings (SSSR count). The van der Waals surface area contributed by atoms with Crippen molar-refractivity contribution in [2.24, 2.45) is 5.92 Å². The van der Waals surface area contributed by atoms with Crippen LogP contribution in [0.3, 0.4) is 0 Å². The van der Waals surface area contributed by atoms with E-state index in [-0.39, 0.29) is 12.3 Å². The zero-order chi connectivity index (χ0) is 52.8. The molecule has 1 aliphatic rings. The third-order valence-corrected chi connectivity index (χ3v) is 13.3. The van der Waals surface area contributed by atoms with Crippen LogP contribution in [0.15, 0.2) is 91.0 Å². The number of esters is 3. The lowest BCUT2D eigenvalue weighted by Gasteiger charge is -2.54. The first-order valence-electron chi connectivity index (χ1n) is 23.4. The highest BCUT2D eigenvalue weighted by atomic mass is 19.4. The summed E-state index contributed by atoms with van der Waals surface area (Å²) in [5, 5.41) is 0. The first-order chi connectivity index (χ1) is 33.5. The van der Waals surface area contributed by atoms with Gasteiger partial charge in [-0.15, -0.1) is 0 Å². The summed E-state index contributed by atoms with van der Waals surface area (Å²) in [6.45, 7) is 3.72. The highest BCUT2D eigenvalue weighted by molar-refractivity contribution is 5.85. The Hall–Kier alpha value is -5.21. The molecule has 8 atom stereocenters. The van der Waals surface area contributed by atoms with Crippen molar-refractivity contribution in [1.29, 1.82) is 0 Å². The lowest BCUT2D eigenvalue weighted by Crippen LogP contribution is -2.72. The van der Waals surface area contributed by atoms with E-state index in [4.69, 9.17) is 28.4 Å². The molecule has 0 unspecified atom stereocenters. The smallest absolute Gasteiger partial charge is 0.432 e. The first-order valence-corrected chi connectivity index (χ1v) is 23.4. The fourth-order valence-electron chi connectivity index (χ4n) is 9.15. The first kappa shape index (κ1) is 58.4. The number of amides is 1. The van der Waals surface area contributed by atoms with Crippen molar-refractivity contribution in [3.05, 3.63) is 108 Å². The van der Waals surface area contributed by atoms with Crippen LogP contribution in [-0.4, -0.2) is 99.5 Å². The number of halogens is 9. The number of hydrogen-bond acceptors (Lipinski definition) is 10. The van der Waals surface area contributed by atoms with Crippen LogP contribution in [0.25, 0.3) is 0 Å². The van der Waals surface area contributed by atoms with Crippen LogP contribution in [0.4, 0.5) is 39.5 Å². The van der Waals surface area contributed by atoms with Crippen molar-refractivity contribution in [3.63, 3.8) is 0 Å². The van der Waals surface area contributed by atoms with Gasteiger partial charge in [0.15, 0.2) is 0 Å². The zero-order valence-electron chi connectivity index (χ0n) is 40.5. The van der Waals surface area contributed by atoms with E-state index < -0.39 is 107 Å². The largest absolute Gasteiger partial charge is 0.461 e. The van der Waals surface area contributed by atoms with Gasteiger partial charge in [-0.1, -0.05) is 156 Å². The summed E-state index contributed by atoms with van der Waals surface area (Å²) in [5.41, 5.74) is -12.3. The van der Waals surface area contributed by atoms with Crippen LogP contribution in [0.2, 0.25) is 0 Å². The Morgan fingerprint density at radius 2 is 0.930 bits per heavy atom. The third-order valence-electron chi connectivity index (χ3n) is 13.3. The van der Waals surface area contributed by atoms with Gasteiger partial charge in [0.2, 0.25) is 5.91 Å². The number of rotatable bonds is 26. The number of hydrogen-bond donors (Lipinski definition) is 0.